The lowest BCUT2D eigenvalue weighted by Gasteiger charge is -2.16. The second kappa shape index (κ2) is 7.41. The molecule has 5 heteroatoms. The first-order chi connectivity index (χ1) is 9.02. The smallest absolute Gasteiger partial charge is 0.303 e. The third-order valence-electron chi connectivity index (χ3n) is 2.95. The van der Waals surface area contributed by atoms with Crippen molar-refractivity contribution in [3.8, 4) is 0 Å². The summed E-state index contributed by atoms with van der Waals surface area (Å²) in [6, 6.07) is 7.86. The fourth-order valence-corrected chi connectivity index (χ4v) is 1.85. The van der Waals surface area contributed by atoms with Crippen molar-refractivity contribution in [2.75, 3.05) is 19.0 Å². The molecule has 0 aliphatic rings. The number of hydrogen-bond acceptors (Lipinski definition) is 3. The van der Waals surface area contributed by atoms with Crippen molar-refractivity contribution in [3.63, 3.8) is 0 Å². The zero-order valence-electron chi connectivity index (χ0n) is 11.3. The lowest BCUT2D eigenvalue weighted by molar-refractivity contribution is -0.137. The summed E-state index contributed by atoms with van der Waals surface area (Å²) in [5.74, 6) is -0.847. The minimum absolute atomic E-state index is 0.0568. The molecule has 0 heterocycles. The van der Waals surface area contributed by atoms with Gasteiger partial charge in [-0.1, -0.05) is 12.1 Å². The van der Waals surface area contributed by atoms with E-state index in [0.717, 1.165) is 11.3 Å². The van der Waals surface area contributed by atoms with Crippen LogP contribution < -0.4 is 10.2 Å². The van der Waals surface area contributed by atoms with Crippen LogP contribution in [-0.4, -0.2) is 37.6 Å². The Kier molecular flexibility index (Phi) is 5.85. The molecule has 0 radical (unpaired) electrons. The Labute approximate surface area is 113 Å². The highest BCUT2D eigenvalue weighted by Crippen LogP contribution is 2.14. The van der Waals surface area contributed by atoms with E-state index in [1.54, 1.807) is 0 Å². The van der Waals surface area contributed by atoms with Crippen molar-refractivity contribution in [3.05, 3.63) is 29.8 Å². The van der Waals surface area contributed by atoms with Crippen molar-refractivity contribution >= 4 is 18.1 Å². The quantitative estimate of drug-likeness (QED) is 0.694. The molecule has 1 aromatic rings. The molecule has 1 aromatic carbocycles. The number of carbonyl (C=O) groups excluding carboxylic acids is 1. The highest BCUT2D eigenvalue weighted by atomic mass is 16.4. The van der Waals surface area contributed by atoms with E-state index >= 15 is 0 Å². The molecule has 0 aliphatic carbocycles. The molecular weight excluding hydrogens is 244 g/mol. The average molecular weight is 264 g/mol. The highest BCUT2D eigenvalue weighted by molar-refractivity contribution is 5.66. The maximum atomic E-state index is 10.6. The summed E-state index contributed by atoms with van der Waals surface area (Å²) in [7, 11) is 3.94. The molecule has 1 rings (SSSR count). The molecule has 5 nitrogen and oxygen atoms in total. The van der Waals surface area contributed by atoms with Crippen LogP contribution in [-0.2, 0) is 16.0 Å². The summed E-state index contributed by atoms with van der Waals surface area (Å²) in [4.78, 5) is 23.1. The second-order valence-electron chi connectivity index (χ2n) is 4.68. The van der Waals surface area contributed by atoms with Crippen molar-refractivity contribution in [1.82, 2.24) is 5.32 Å². The monoisotopic (exact) mass is 264 g/mol. The van der Waals surface area contributed by atoms with Gasteiger partial charge in [-0.3, -0.25) is 9.59 Å². The van der Waals surface area contributed by atoms with Crippen LogP contribution in [0.25, 0.3) is 0 Å². The van der Waals surface area contributed by atoms with Gasteiger partial charge < -0.3 is 15.3 Å². The first-order valence-corrected chi connectivity index (χ1v) is 6.20. The predicted octanol–water partition coefficient (Wildman–Crippen LogP) is 1.27. The first-order valence-electron chi connectivity index (χ1n) is 6.20. The van der Waals surface area contributed by atoms with Gasteiger partial charge in [-0.25, -0.2) is 0 Å². The average Bonchev–Trinajstić information content (AvgIpc) is 2.37. The number of carboxylic acids is 1. The van der Waals surface area contributed by atoms with E-state index < -0.39 is 5.97 Å². The molecule has 104 valence electrons. The molecule has 1 unspecified atom stereocenters. The van der Waals surface area contributed by atoms with Gasteiger partial charge in [0.1, 0.15) is 0 Å². The van der Waals surface area contributed by atoms with Crippen LogP contribution in [0, 0.1) is 0 Å². The van der Waals surface area contributed by atoms with Crippen LogP contribution in [0.1, 0.15) is 18.4 Å². The summed E-state index contributed by atoms with van der Waals surface area (Å²) in [5.41, 5.74) is 2.18. The van der Waals surface area contributed by atoms with Gasteiger partial charge in [-0.15, -0.1) is 0 Å². The van der Waals surface area contributed by atoms with Crippen molar-refractivity contribution < 1.29 is 14.7 Å². The fourth-order valence-electron chi connectivity index (χ4n) is 1.85. The number of carboxylic acid groups (broad SMARTS) is 1. The Balaban J connectivity index is 2.62. The van der Waals surface area contributed by atoms with Gasteiger partial charge in [0.05, 0.1) is 0 Å². The lowest BCUT2D eigenvalue weighted by atomic mass is 10.0. The van der Waals surface area contributed by atoms with Gasteiger partial charge in [0.2, 0.25) is 6.41 Å². The standard InChI is InChI=1S/C14H20N2O3/c1-16(2)13-6-3-11(4-7-13)9-12(15-10-17)5-8-14(18)19/h3-4,6-7,10,12H,5,8-9H2,1-2H3,(H,15,17)(H,18,19). The van der Waals surface area contributed by atoms with Crippen LogP contribution in [0.15, 0.2) is 24.3 Å². The van der Waals surface area contributed by atoms with Gasteiger partial charge >= 0.3 is 5.97 Å². The zero-order valence-corrected chi connectivity index (χ0v) is 11.3. The van der Waals surface area contributed by atoms with E-state index in [2.05, 4.69) is 5.32 Å². The van der Waals surface area contributed by atoms with E-state index in [9.17, 15) is 9.59 Å². The highest BCUT2D eigenvalue weighted by Gasteiger charge is 2.11. The molecular formula is C14H20N2O3. The summed E-state index contributed by atoms with van der Waals surface area (Å²) >= 11 is 0. The number of amides is 1. The molecule has 0 saturated carbocycles. The van der Waals surface area contributed by atoms with Gasteiger partial charge in [-0.2, -0.15) is 0 Å². The minimum atomic E-state index is -0.847. The van der Waals surface area contributed by atoms with Crippen LogP contribution in [0.2, 0.25) is 0 Å². The number of nitrogens with one attached hydrogen (secondary N) is 1. The molecule has 19 heavy (non-hydrogen) atoms. The molecule has 0 fully saturated rings. The number of aliphatic carboxylic acids is 1. The predicted molar refractivity (Wildman–Crippen MR) is 74.3 cm³/mol. The summed E-state index contributed by atoms with van der Waals surface area (Å²) in [5, 5.41) is 11.3. The van der Waals surface area contributed by atoms with Crippen LogP contribution in [0.5, 0.6) is 0 Å². The van der Waals surface area contributed by atoms with Crippen LogP contribution in [0.4, 0.5) is 5.69 Å². The Hall–Kier alpha value is -2.04. The molecule has 1 atom stereocenters. The topological polar surface area (TPSA) is 69.6 Å². The SMILES string of the molecule is CN(C)c1ccc(CC(CCC(=O)O)NC=O)cc1. The van der Waals surface area contributed by atoms with Crippen molar-refractivity contribution in [2.24, 2.45) is 0 Å². The maximum Gasteiger partial charge on any atom is 0.303 e. The number of nitrogens with zero attached hydrogens (tertiary/aromatic N) is 1. The first kappa shape index (κ1) is 15.0. The van der Waals surface area contributed by atoms with Crippen molar-refractivity contribution in [1.29, 1.82) is 0 Å². The van der Waals surface area contributed by atoms with Crippen LogP contribution in [0.3, 0.4) is 0 Å². The Bertz CT molecular complexity index is 415. The summed E-state index contributed by atoms with van der Waals surface area (Å²) in [6.07, 6.45) is 1.76. The maximum absolute atomic E-state index is 10.6. The van der Waals surface area contributed by atoms with E-state index in [4.69, 9.17) is 5.11 Å². The molecule has 1 amide bonds. The third-order valence-corrected chi connectivity index (χ3v) is 2.95. The van der Waals surface area contributed by atoms with Gasteiger partial charge in [0.25, 0.3) is 0 Å². The normalized spacial score (nSPS) is 11.7. The van der Waals surface area contributed by atoms with Gasteiger partial charge in [-0.05, 0) is 30.5 Å². The Morgan fingerprint density at radius 3 is 2.47 bits per heavy atom. The molecule has 2 N–H and O–H groups in total. The van der Waals surface area contributed by atoms with E-state index in [-0.39, 0.29) is 12.5 Å². The third kappa shape index (κ3) is 5.42. The van der Waals surface area contributed by atoms with Crippen LogP contribution >= 0.6 is 0 Å². The number of benzene rings is 1. The largest absolute Gasteiger partial charge is 0.481 e. The Morgan fingerprint density at radius 1 is 1.37 bits per heavy atom. The number of carbonyl (C=O) groups is 2. The van der Waals surface area contributed by atoms with E-state index in [1.165, 1.54) is 0 Å². The number of rotatable bonds is 8. The van der Waals surface area contributed by atoms with Crippen molar-refractivity contribution in [2.45, 2.75) is 25.3 Å². The zero-order chi connectivity index (χ0) is 14.3. The number of anilines is 1. The summed E-state index contributed by atoms with van der Waals surface area (Å²) < 4.78 is 0. The molecule has 0 saturated heterocycles. The van der Waals surface area contributed by atoms with E-state index in [0.29, 0.717) is 19.3 Å². The number of hydrogen-bond donors (Lipinski definition) is 2. The molecule has 0 aliphatic heterocycles. The lowest BCUT2D eigenvalue weighted by Crippen LogP contribution is -2.30. The molecule has 0 aromatic heterocycles. The molecule has 0 spiro atoms. The second-order valence-corrected chi connectivity index (χ2v) is 4.68. The van der Waals surface area contributed by atoms with Gasteiger partial charge in [0, 0.05) is 32.2 Å². The summed E-state index contributed by atoms with van der Waals surface area (Å²) in [6.45, 7) is 0. The Morgan fingerprint density at radius 2 is 2.00 bits per heavy atom. The molecule has 0 bridgehead atoms. The van der Waals surface area contributed by atoms with Gasteiger partial charge in [0.15, 0.2) is 0 Å². The fraction of sp³-hybridized carbons (Fsp3) is 0.429. The van der Waals surface area contributed by atoms with E-state index in [1.807, 2.05) is 43.3 Å². The minimum Gasteiger partial charge on any atom is -0.481 e.